The summed E-state index contributed by atoms with van der Waals surface area (Å²) in [5, 5.41) is 42.5. The Labute approximate surface area is 136 Å². The number of phenols is 3. The molecule has 22 heavy (non-hydrogen) atoms. The van der Waals surface area contributed by atoms with Gasteiger partial charge in [0.15, 0.2) is 11.5 Å². The molecular weight excluding hydrogens is 308 g/mol. The molecular formula is C15H25ClN2O4. The number of halogens is 1. The lowest BCUT2D eigenvalue weighted by Crippen LogP contribution is -2.49. The number of hydrogen-bond donors (Lipinski definition) is 5. The zero-order chi connectivity index (χ0) is 15.6. The maximum atomic E-state index is 10.2. The molecule has 1 saturated heterocycles. The molecule has 6 nitrogen and oxygen atoms in total. The summed E-state index contributed by atoms with van der Waals surface area (Å²) in [7, 11) is 0. The molecule has 1 aliphatic rings. The van der Waals surface area contributed by atoms with Gasteiger partial charge in [-0.05, 0) is 12.1 Å². The molecule has 1 atom stereocenters. The first-order valence-electron chi connectivity index (χ1n) is 7.18. The molecule has 0 unspecified atom stereocenters. The van der Waals surface area contributed by atoms with E-state index in [4.69, 9.17) is 0 Å². The molecule has 1 heterocycles. The Morgan fingerprint density at radius 1 is 1.14 bits per heavy atom. The molecule has 0 aliphatic carbocycles. The van der Waals surface area contributed by atoms with Crippen LogP contribution in [-0.4, -0.2) is 58.1 Å². The van der Waals surface area contributed by atoms with Gasteiger partial charge in [-0.1, -0.05) is 13.8 Å². The second-order valence-corrected chi connectivity index (χ2v) is 6.21. The Morgan fingerprint density at radius 3 is 2.27 bits per heavy atom. The van der Waals surface area contributed by atoms with E-state index >= 15 is 0 Å². The van der Waals surface area contributed by atoms with Crippen molar-refractivity contribution in [1.29, 1.82) is 0 Å². The Hall–Kier alpha value is -1.21. The number of aromatic hydroxyl groups is 3. The van der Waals surface area contributed by atoms with Gasteiger partial charge in [-0.3, -0.25) is 4.90 Å². The van der Waals surface area contributed by atoms with Crippen LogP contribution in [-0.2, 0) is 0 Å². The second-order valence-electron chi connectivity index (χ2n) is 6.21. The highest BCUT2D eigenvalue weighted by Crippen LogP contribution is 2.47. The van der Waals surface area contributed by atoms with Crippen molar-refractivity contribution >= 4 is 12.4 Å². The maximum Gasteiger partial charge on any atom is 0.200 e. The van der Waals surface area contributed by atoms with E-state index in [1.807, 2.05) is 13.8 Å². The Bertz CT molecular complexity index is 505. The molecule has 0 amide bonds. The zero-order valence-corrected chi connectivity index (χ0v) is 13.7. The van der Waals surface area contributed by atoms with Crippen LogP contribution < -0.4 is 5.32 Å². The molecule has 7 heteroatoms. The monoisotopic (exact) mass is 332 g/mol. The zero-order valence-electron chi connectivity index (χ0n) is 12.9. The molecule has 1 aromatic rings. The highest BCUT2D eigenvalue weighted by Gasteiger charge is 2.37. The predicted molar refractivity (Wildman–Crippen MR) is 86.7 cm³/mol. The third-order valence-corrected chi connectivity index (χ3v) is 4.12. The van der Waals surface area contributed by atoms with Crippen LogP contribution in [0.1, 0.15) is 25.5 Å². The second kappa shape index (κ2) is 7.37. The third-order valence-electron chi connectivity index (χ3n) is 4.12. The van der Waals surface area contributed by atoms with Crippen LogP contribution >= 0.6 is 12.4 Å². The summed E-state index contributed by atoms with van der Waals surface area (Å²) in [6.07, 6.45) is 0. The van der Waals surface area contributed by atoms with Crippen LogP contribution in [0.15, 0.2) is 12.1 Å². The summed E-state index contributed by atoms with van der Waals surface area (Å²) < 4.78 is 0. The SMILES string of the molecule is CC(C)(CO)[C@@H](c1ccc(O)c(O)c1O)N1CCNCC1.Cl. The van der Waals surface area contributed by atoms with Crippen LogP contribution in [0.5, 0.6) is 17.2 Å². The number of benzene rings is 1. The molecule has 1 aromatic carbocycles. The standard InChI is InChI=1S/C15H24N2O4.ClH/c1-15(2,9-18)14(17-7-5-16-6-8-17)10-3-4-11(19)13(21)12(10)20;/h3-4,14,16,18-21H,5-9H2,1-2H3;1H/t14-;/m1./s1. The molecule has 0 radical (unpaired) electrons. The smallest absolute Gasteiger partial charge is 0.200 e. The topological polar surface area (TPSA) is 96.2 Å². The first-order valence-corrected chi connectivity index (χ1v) is 7.18. The van der Waals surface area contributed by atoms with Crippen molar-refractivity contribution in [2.45, 2.75) is 19.9 Å². The van der Waals surface area contributed by atoms with Gasteiger partial charge in [-0.2, -0.15) is 0 Å². The van der Waals surface area contributed by atoms with Crippen LogP contribution in [0.4, 0.5) is 0 Å². The van der Waals surface area contributed by atoms with Gasteiger partial charge < -0.3 is 25.7 Å². The van der Waals surface area contributed by atoms with E-state index in [2.05, 4.69) is 10.2 Å². The van der Waals surface area contributed by atoms with Gasteiger partial charge >= 0.3 is 0 Å². The molecule has 5 N–H and O–H groups in total. The summed E-state index contributed by atoms with van der Waals surface area (Å²) in [5.41, 5.74) is 0.0179. The molecule has 0 saturated carbocycles. The Morgan fingerprint density at radius 2 is 1.73 bits per heavy atom. The van der Waals surface area contributed by atoms with Crippen LogP contribution in [0.2, 0.25) is 0 Å². The minimum atomic E-state index is -0.513. The van der Waals surface area contributed by atoms with Crippen molar-refractivity contribution in [1.82, 2.24) is 10.2 Å². The third kappa shape index (κ3) is 3.57. The number of phenolic OH excluding ortho intramolecular Hbond substituents is 3. The number of aliphatic hydroxyl groups excluding tert-OH is 1. The number of rotatable bonds is 4. The van der Waals surface area contributed by atoms with Crippen molar-refractivity contribution in [3.8, 4) is 17.2 Å². The fourth-order valence-electron chi connectivity index (χ4n) is 2.94. The van der Waals surface area contributed by atoms with Gasteiger partial charge in [0.25, 0.3) is 0 Å². The van der Waals surface area contributed by atoms with Crippen molar-refractivity contribution in [3.63, 3.8) is 0 Å². The summed E-state index contributed by atoms with van der Waals surface area (Å²) in [5.74, 6) is -1.18. The molecule has 1 fully saturated rings. The van der Waals surface area contributed by atoms with Crippen molar-refractivity contribution in [2.75, 3.05) is 32.8 Å². The van der Waals surface area contributed by atoms with E-state index < -0.39 is 11.2 Å². The van der Waals surface area contributed by atoms with Crippen LogP contribution in [0.25, 0.3) is 0 Å². The van der Waals surface area contributed by atoms with E-state index in [0.717, 1.165) is 26.2 Å². The number of hydrogen-bond acceptors (Lipinski definition) is 6. The van der Waals surface area contributed by atoms with Crippen molar-refractivity contribution in [3.05, 3.63) is 17.7 Å². The van der Waals surface area contributed by atoms with Gasteiger partial charge in [0.1, 0.15) is 0 Å². The molecule has 0 bridgehead atoms. The number of nitrogens with one attached hydrogen (secondary N) is 1. The molecule has 126 valence electrons. The first-order chi connectivity index (χ1) is 9.88. The molecule has 2 rings (SSSR count). The lowest BCUT2D eigenvalue weighted by atomic mass is 9.79. The predicted octanol–water partition coefficient (Wildman–Crippen LogP) is 1.19. The van der Waals surface area contributed by atoms with Crippen molar-refractivity contribution < 1.29 is 20.4 Å². The van der Waals surface area contributed by atoms with Crippen LogP contribution in [0, 0.1) is 5.41 Å². The number of piperazine rings is 1. The van der Waals surface area contributed by atoms with Gasteiger partial charge in [-0.15, -0.1) is 12.4 Å². The largest absolute Gasteiger partial charge is 0.504 e. The minimum absolute atomic E-state index is 0. The normalized spacial score (nSPS) is 17.8. The van der Waals surface area contributed by atoms with Gasteiger partial charge in [0, 0.05) is 49.8 Å². The Balaban J connectivity index is 0.00000242. The van der Waals surface area contributed by atoms with E-state index in [1.165, 1.54) is 6.07 Å². The van der Waals surface area contributed by atoms with Crippen molar-refractivity contribution in [2.24, 2.45) is 5.41 Å². The average molecular weight is 333 g/mol. The fourth-order valence-corrected chi connectivity index (χ4v) is 2.94. The summed E-state index contributed by atoms with van der Waals surface area (Å²) in [6, 6.07) is 2.72. The molecule has 0 spiro atoms. The number of nitrogens with zero attached hydrogens (tertiary/aromatic N) is 1. The van der Waals surface area contributed by atoms with E-state index in [0.29, 0.717) is 5.56 Å². The lowest BCUT2D eigenvalue weighted by molar-refractivity contribution is 0.0291. The maximum absolute atomic E-state index is 10.2. The summed E-state index contributed by atoms with van der Waals surface area (Å²) >= 11 is 0. The van der Waals surface area contributed by atoms with E-state index in [9.17, 15) is 20.4 Å². The van der Waals surface area contributed by atoms with Gasteiger partial charge in [-0.25, -0.2) is 0 Å². The average Bonchev–Trinajstić information content (AvgIpc) is 2.48. The first kappa shape index (κ1) is 18.8. The van der Waals surface area contributed by atoms with Gasteiger partial charge in [0.2, 0.25) is 5.75 Å². The Kier molecular flexibility index (Phi) is 6.31. The van der Waals surface area contributed by atoms with Crippen LogP contribution in [0.3, 0.4) is 0 Å². The van der Waals surface area contributed by atoms with E-state index in [1.54, 1.807) is 6.07 Å². The fraction of sp³-hybridized carbons (Fsp3) is 0.600. The quantitative estimate of drug-likeness (QED) is 0.532. The highest BCUT2D eigenvalue weighted by atomic mass is 35.5. The lowest BCUT2D eigenvalue weighted by Gasteiger charge is -2.43. The number of aliphatic hydroxyl groups is 1. The molecule has 1 aliphatic heterocycles. The summed E-state index contributed by atoms with van der Waals surface area (Å²) in [4.78, 5) is 2.18. The van der Waals surface area contributed by atoms with E-state index in [-0.39, 0.29) is 36.6 Å². The molecule has 0 aromatic heterocycles. The van der Waals surface area contributed by atoms with Gasteiger partial charge in [0.05, 0.1) is 0 Å². The minimum Gasteiger partial charge on any atom is -0.504 e. The highest BCUT2D eigenvalue weighted by molar-refractivity contribution is 5.85. The summed E-state index contributed by atoms with van der Waals surface area (Å²) in [6.45, 7) is 7.03.